The summed E-state index contributed by atoms with van der Waals surface area (Å²) in [6.45, 7) is 3.82. The van der Waals surface area contributed by atoms with Gasteiger partial charge in [-0.15, -0.1) is 0 Å². The summed E-state index contributed by atoms with van der Waals surface area (Å²) in [6, 6.07) is 0. The highest BCUT2D eigenvalue weighted by Crippen LogP contribution is 2.43. The summed E-state index contributed by atoms with van der Waals surface area (Å²) in [5.74, 6) is -1.63. The third-order valence-corrected chi connectivity index (χ3v) is 11.3. The van der Waals surface area contributed by atoms with Gasteiger partial charge in [-0.2, -0.15) is 0 Å². The first kappa shape index (κ1) is 57.8. The Labute approximate surface area is 380 Å². The quantitative estimate of drug-likeness (QED) is 0.0179. The molecule has 0 amide bonds. The highest BCUT2D eigenvalue weighted by molar-refractivity contribution is 7.47. The van der Waals surface area contributed by atoms with Gasteiger partial charge in [0.2, 0.25) is 0 Å². The predicted molar refractivity (Wildman–Crippen MR) is 253 cm³/mol. The minimum atomic E-state index is -4.47. The van der Waals surface area contributed by atoms with Gasteiger partial charge in [-0.3, -0.25) is 23.4 Å². The second kappa shape index (κ2) is 36.1. The predicted octanol–water partition coefficient (Wildman–Crippen LogP) is 10.2. The second-order valence-corrected chi connectivity index (χ2v) is 18.6. The molecule has 1 fully saturated rings. The number of carbonyl (C=O) groups is 3. The van der Waals surface area contributed by atoms with Gasteiger partial charge in [0.15, 0.2) is 6.10 Å². The Morgan fingerprint density at radius 1 is 0.762 bits per heavy atom. The maximum Gasteiger partial charge on any atom is 0.472 e. The highest BCUT2D eigenvalue weighted by atomic mass is 31.2. The Morgan fingerprint density at radius 2 is 1.35 bits per heavy atom. The van der Waals surface area contributed by atoms with Gasteiger partial charge >= 0.3 is 19.8 Å². The maximum absolute atomic E-state index is 12.8. The molecule has 0 aromatic heterocycles. The third kappa shape index (κ3) is 33.0. The molecule has 0 heterocycles. The van der Waals surface area contributed by atoms with Crippen molar-refractivity contribution in [3.05, 3.63) is 85.1 Å². The number of carbonyl (C=O) groups excluding carboxylic acids is 3. The van der Waals surface area contributed by atoms with Crippen molar-refractivity contribution < 1.29 is 57.1 Å². The molecule has 13 heteroatoms. The van der Waals surface area contributed by atoms with Gasteiger partial charge in [0.05, 0.1) is 40.0 Å². The van der Waals surface area contributed by atoms with Crippen LogP contribution < -0.4 is 0 Å². The average Bonchev–Trinajstić information content (AvgIpc) is 3.50. The lowest BCUT2D eigenvalue weighted by molar-refractivity contribution is -0.870. The van der Waals surface area contributed by atoms with E-state index in [-0.39, 0.29) is 50.1 Å². The number of ketones is 1. The Bertz CT molecular complexity index is 1510. The van der Waals surface area contributed by atoms with Crippen molar-refractivity contribution in [2.24, 2.45) is 11.8 Å². The highest BCUT2D eigenvalue weighted by Gasteiger charge is 2.39. The van der Waals surface area contributed by atoms with Crippen molar-refractivity contribution in [2.75, 3.05) is 47.5 Å². The molecular formula is C50H83NO11P+. The molecule has 0 spiro atoms. The fourth-order valence-electron chi connectivity index (χ4n) is 6.64. The van der Waals surface area contributed by atoms with Crippen LogP contribution in [0.15, 0.2) is 85.1 Å². The van der Waals surface area contributed by atoms with Crippen LogP contribution in [0.2, 0.25) is 0 Å². The first-order chi connectivity index (χ1) is 30.2. The minimum absolute atomic E-state index is 0.0274. The minimum Gasteiger partial charge on any atom is -0.462 e. The molecule has 0 aliphatic heterocycles. The number of hydrogen-bond acceptors (Lipinski definition) is 10. The normalized spacial score (nSPS) is 19.6. The lowest BCUT2D eigenvalue weighted by atomic mass is 9.88. The summed E-state index contributed by atoms with van der Waals surface area (Å²) in [7, 11) is 1.28. The molecule has 358 valence electrons. The number of aliphatic hydroxyl groups excluding tert-OH is 2. The zero-order valence-corrected chi connectivity index (χ0v) is 40.1. The molecule has 0 bridgehead atoms. The number of rotatable bonds is 37. The van der Waals surface area contributed by atoms with Crippen LogP contribution in [0.4, 0.5) is 0 Å². The summed E-state index contributed by atoms with van der Waals surface area (Å²) in [5.41, 5.74) is 0. The lowest BCUT2D eigenvalue weighted by Gasteiger charge is -2.24. The fourth-order valence-corrected chi connectivity index (χ4v) is 7.38. The van der Waals surface area contributed by atoms with Gasteiger partial charge in [0.1, 0.15) is 25.5 Å². The van der Waals surface area contributed by atoms with Crippen LogP contribution in [0, 0.1) is 11.8 Å². The van der Waals surface area contributed by atoms with Crippen LogP contribution in [-0.2, 0) is 37.5 Å². The van der Waals surface area contributed by atoms with Crippen LogP contribution in [0.5, 0.6) is 0 Å². The second-order valence-electron chi connectivity index (χ2n) is 17.2. The van der Waals surface area contributed by atoms with Crippen molar-refractivity contribution in [3.63, 3.8) is 0 Å². The molecule has 0 radical (unpaired) electrons. The zero-order valence-electron chi connectivity index (χ0n) is 39.2. The number of allylic oxidation sites excluding steroid dienone is 12. The number of quaternary nitrogens is 1. The van der Waals surface area contributed by atoms with Crippen LogP contribution in [0.25, 0.3) is 0 Å². The smallest absolute Gasteiger partial charge is 0.462 e. The van der Waals surface area contributed by atoms with Crippen LogP contribution in [0.3, 0.4) is 0 Å². The largest absolute Gasteiger partial charge is 0.472 e. The average molecular weight is 905 g/mol. The number of esters is 2. The van der Waals surface area contributed by atoms with Gasteiger partial charge in [0, 0.05) is 31.1 Å². The van der Waals surface area contributed by atoms with Crippen molar-refractivity contribution in [3.8, 4) is 0 Å². The molecule has 3 N–H and O–H groups in total. The molecule has 1 saturated carbocycles. The third-order valence-electron chi connectivity index (χ3n) is 10.3. The van der Waals surface area contributed by atoms with Crippen molar-refractivity contribution >= 4 is 25.5 Å². The van der Waals surface area contributed by atoms with Crippen LogP contribution in [-0.4, -0.2) is 103 Å². The van der Waals surface area contributed by atoms with Gasteiger partial charge < -0.3 is 29.1 Å². The summed E-state index contributed by atoms with van der Waals surface area (Å²) in [4.78, 5) is 48.2. The van der Waals surface area contributed by atoms with Crippen LogP contribution >= 0.6 is 7.82 Å². The maximum atomic E-state index is 12.8. The summed E-state index contributed by atoms with van der Waals surface area (Å²) < 4.78 is 34.2. The van der Waals surface area contributed by atoms with Gasteiger partial charge in [-0.25, -0.2) is 4.57 Å². The number of hydrogen-bond donors (Lipinski definition) is 3. The van der Waals surface area contributed by atoms with Crippen molar-refractivity contribution in [1.82, 2.24) is 0 Å². The van der Waals surface area contributed by atoms with Gasteiger partial charge in [-0.1, -0.05) is 137 Å². The molecule has 6 atom stereocenters. The Kier molecular flexibility index (Phi) is 33.1. The molecule has 0 saturated heterocycles. The van der Waals surface area contributed by atoms with E-state index in [0.29, 0.717) is 43.1 Å². The molecule has 12 nitrogen and oxygen atoms in total. The molecule has 1 aliphatic rings. The number of phosphoric ester groups is 1. The van der Waals surface area contributed by atoms with E-state index in [4.69, 9.17) is 18.5 Å². The summed E-state index contributed by atoms with van der Waals surface area (Å²) in [6.07, 6.45) is 39.8. The van der Waals surface area contributed by atoms with E-state index < -0.39 is 44.7 Å². The summed E-state index contributed by atoms with van der Waals surface area (Å²) >= 11 is 0. The number of phosphoric acid groups is 1. The standard InChI is InChI=1S/C50H82NO11P/c1-6-8-10-11-12-13-14-15-16-17-18-19-20-21-22-23-24-25-30-34-49(55)59-41-44(42-61-63(57,58)60-39-38-51(3,4)5)62-50(56)35-31-27-26-29-33-45-46(48(54)40-47(45)53)37-36-43(52)32-28-9-7-2/h8,10,12-13,15-16,18-19,21-22,24-25,36-37,43-46,48,52,54H,6-7,9,11,14,17,20,23,26-35,38-42H2,1-5H3/p+1/b10-8-,13-12-,16-15-,19-18-,22-21-,25-24-,37-36+/t43-,44+,45+,46+,48+/m0/s1. The number of likely N-dealkylation sites (N-methyl/N-ethyl adjacent to an activating group) is 1. The molecule has 0 aromatic carbocycles. The zero-order chi connectivity index (χ0) is 46.6. The van der Waals surface area contributed by atoms with E-state index in [1.807, 2.05) is 39.4 Å². The fraction of sp³-hybridized carbons (Fsp3) is 0.660. The van der Waals surface area contributed by atoms with Gasteiger partial charge in [0.25, 0.3) is 0 Å². The molecule has 0 aromatic rings. The number of aliphatic hydroxyl groups is 2. The summed E-state index contributed by atoms with van der Waals surface area (Å²) in [5, 5.41) is 20.8. The topological polar surface area (TPSA) is 166 Å². The lowest BCUT2D eigenvalue weighted by Crippen LogP contribution is -2.37. The molecule has 1 aliphatic carbocycles. The van der Waals surface area contributed by atoms with Crippen LogP contribution in [0.1, 0.15) is 136 Å². The van der Waals surface area contributed by atoms with Crippen molar-refractivity contribution in [1.29, 1.82) is 0 Å². The SMILES string of the molecule is CC/C=C\C/C=C\C/C=C\C/C=C\C/C=C\C/C=C\CCC(=O)OC[C@H](COP(=O)(O)OCC[N+](C)(C)C)OC(=O)CCCCCC[C@H]1C(=O)C[C@@H](O)[C@@H]1/C=C/[C@@H](O)CCCCC. The van der Waals surface area contributed by atoms with E-state index >= 15 is 0 Å². The van der Waals surface area contributed by atoms with E-state index in [1.54, 1.807) is 6.08 Å². The van der Waals surface area contributed by atoms with Gasteiger partial charge in [-0.05, 0) is 64.2 Å². The monoisotopic (exact) mass is 905 g/mol. The number of Topliss-reactive ketones (excluding diaryl/α,β-unsaturated/α-hetero) is 1. The first-order valence-electron chi connectivity index (χ1n) is 23.4. The molecule has 1 unspecified atom stereocenters. The number of ether oxygens (including phenoxy) is 2. The first-order valence-corrected chi connectivity index (χ1v) is 24.9. The Balaban J connectivity index is 2.51. The number of unbranched alkanes of at least 4 members (excludes halogenated alkanes) is 5. The Hall–Kier alpha value is -3.22. The van der Waals surface area contributed by atoms with E-state index in [9.17, 15) is 34.1 Å². The Morgan fingerprint density at radius 3 is 1.94 bits per heavy atom. The van der Waals surface area contributed by atoms with E-state index in [0.717, 1.165) is 70.6 Å². The van der Waals surface area contributed by atoms with E-state index in [2.05, 4.69) is 74.6 Å². The molecule has 63 heavy (non-hydrogen) atoms. The number of nitrogens with zero attached hydrogens (tertiary/aromatic N) is 1. The molecular weight excluding hydrogens is 822 g/mol. The molecule has 1 rings (SSSR count). The van der Waals surface area contributed by atoms with Crippen molar-refractivity contribution in [2.45, 2.75) is 154 Å². The van der Waals surface area contributed by atoms with E-state index in [1.165, 1.54) is 0 Å².